The number of benzene rings is 4. The molecule has 0 aliphatic carbocycles. The van der Waals surface area contributed by atoms with E-state index >= 15 is 0 Å². The van der Waals surface area contributed by atoms with Gasteiger partial charge in [0, 0.05) is 131 Å². The topological polar surface area (TPSA) is 84.0 Å². The predicted molar refractivity (Wildman–Crippen MR) is 155 cm³/mol. The van der Waals surface area contributed by atoms with Gasteiger partial charge in [0.15, 0.2) is 0 Å². The van der Waals surface area contributed by atoms with Crippen molar-refractivity contribution in [2.24, 2.45) is 30.0 Å². The Morgan fingerprint density at radius 1 is 0.467 bits per heavy atom. The summed E-state index contributed by atoms with van der Waals surface area (Å²) in [4.78, 5) is 30.5. The zero-order chi connectivity index (χ0) is 26.7. The van der Waals surface area contributed by atoms with Crippen LogP contribution in [0.1, 0.15) is 22.3 Å². The Kier molecular flexibility index (Phi) is 9.64. The standard InChI is InChI=1S/C33H14N8.4Y/c1-2-10-19-18(9-1)26-34-27(19)37-31-24-15-7-8-16-25(24)33-39-29-21-12-4-3-11-20(21)28(35-29)38-32-23-14-6-5-13-22(23)30(36-26)40(32)17-41(31)33;;;;/h1-9,12,14-15H,17H2;;;;/q-4;;;;. The van der Waals surface area contributed by atoms with Gasteiger partial charge in [-0.15, -0.1) is 97.1 Å². The molecule has 0 amide bonds. The minimum Gasteiger partial charge on any atom is -0.341 e. The molecular weight excluding hydrogens is 864 g/mol. The number of aromatic nitrogens is 2. The summed E-state index contributed by atoms with van der Waals surface area (Å²) in [6, 6.07) is 37.0. The molecule has 10 rings (SSSR count). The Balaban J connectivity index is 0.000000893. The first-order valence-corrected chi connectivity index (χ1v) is 13.2. The molecular formula is C33H14N8Y4-4. The van der Waals surface area contributed by atoms with Crippen molar-refractivity contribution in [2.45, 2.75) is 6.67 Å². The number of amidine groups is 4. The predicted octanol–water partition coefficient (Wildman–Crippen LogP) is 4.24. The van der Waals surface area contributed by atoms with E-state index in [0.717, 1.165) is 55.1 Å². The Bertz CT molecular complexity index is 2300. The normalized spacial score (nSPS) is 14.3. The molecule has 4 aromatic carbocycles. The van der Waals surface area contributed by atoms with Gasteiger partial charge in [-0.05, 0) is 0 Å². The van der Waals surface area contributed by atoms with Gasteiger partial charge in [0.25, 0.3) is 0 Å². The van der Waals surface area contributed by atoms with E-state index < -0.39 is 0 Å². The van der Waals surface area contributed by atoms with E-state index in [9.17, 15) is 0 Å². The molecule has 12 heteroatoms. The van der Waals surface area contributed by atoms with Gasteiger partial charge in [-0.1, -0.05) is 43.8 Å². The Hall–Kier alpha value is -1.34. The number of aliphatic imine (C=N–C) groups is 4. The molecule has 0 unspecified atom stereocenters. The van der Waals surface area contributed by atoms with Crippen LogP contribution in [-0.4, -0.2) is 32.5 Å². The number of fused-ring (bicyclic) bond motifs is 14. The van der Waals surface area contributed by atoms with Gasteiger partial charge in [0.1, 0.15) is 11.7 Å². The van der Waals surface area contributed by atoms with Crippen molar-refractivity contribution in [1.82, 2.24) is 9.13 Å². The third-order valence-corrected chi connectivity index (χ3v) is 7.86. The third kappa shape index (κ3) is 5.01. The van der Waals surface area contributed by atoms with Gasteiger partial charge >= 0.3 is 0 Å². The van der Waals surface area contributed by atoms with Gasteiger partial charge in [0.05, 0.1) is 41.0 Å². The van der Waals surface area contributed by atoms with Crippen LogP contribution < -0.4 is 11.0 Å². The fourth-order valence-electron chi connectivity index (χ4n) is 6.04. The summed E-state index contributed by atoms with van der Waals surface area (Å²) in [6.07, 6.45) is 0. The second kappa shape index (κ2) is 12.9. The van der Waals surface area contributed by atoms with E-state index in [0.29, 0.717) is 41.3 Å². The van der Waals surface area contributed by atoms with E-state index in [4.69, 9.17) is 30.0 Å². The summed E-state index contributed by atoms with van der Waals surface area (Å²) >= 11 is 0. The van der Waals surface area contributed by atoms with Gasteiger partial charge in [-0.3, -0.25) is 30.0 Å². The number of rotatable bonds is 0. The summed E-state index contributed by atoms with van der Waals surface area (Å²) in [6.45, 7) is 0.363. The quantitative estimate of drug-likeness (QED) is 0.205. The number of nitrogens with zero attached hydrogens (tertiary/aromatic N) is 8. The van der Waals surface area contributed by atoms with Crippen LogP contribution in [0.2, 0.25) is 0 Å². The molecule has 6 heterocycles. The van der Waals surface area contributed by atoms with Crippen molar-refractivity contribution in [3.8, 4) is 0 Å². The first-order valence-electron chi connectivity index (χ1n) is 13.2. The first-order chi connectivity index (χ1) is 20.3. The smallest absolute Gasteiger partial charge is 0.100 e. The van der Waals surface area contributed by atoms with Crippen LogP contribution in [0.3, 0.4) is 0 Å². The van der Waals surface area contributed by atoms with Crippen LogP contribution in [0.4, 0.5) is 11.6 Å². The molecule has 0 N–H and O–H groups in total. The van der Waals surface area contributed by atoms with Crippen molar-refractivity contribution in [3.05, 3.63) is 130 Å². The molecule has 202 valence electrons. The molecule has 4 aliphatic rings. The molecule has 0 fully saturated rings. The summed E-state index contributed by atoms with van der Waals surface area (Å²) in [7, 11) is 0. The summed E-state index contributed by atoms with van der Waals surface area (Å²) in [5, 5.41) is 3.54. The molecule has 0 saturated heterocycles. The summed E-state index contributed by atoms with van der Waals surface area (Å²) in [5.41, 5.74) is 4.83. The molecule has 0 saturated carbocycles. The second-order valence-corrected chi connectivity index (χ2v) is 10.1. The van der Waals surface area contributed by atoms with Crippen LogP contribution in [-0.2, 0) is 138 Å². The maximum Gasteiger partial charge on any atom is 0.100 e. The summed E-state index contributed by atoms with van der Waals surface area (Å²) in [5.74, 6) is 3.72. The SMILES string of the molecule is [Y].[Y].[Y].[Y].[c-]1cccc2c1C1=Nc3c4ccc[c-]c4c4n3Cn3c(c5[c-]cccc5c3=NC3=NC(=N4)c4ccc[c-]c43)=NC2=N1. The largest absolute Gasteiger partial charge is 0.341 e. The second-order valence-electron chi connectivity index (χ2n) is 10.1. The van der Waals surface area contributed by atoms with E-state index in [2.05, 4.69) is 33.4 Å². The van der Waals surface area contributed by atoms with Crippen LogP contribution >= 0.6 is 0 Å². The maximum absolute atomic E-state index is 5.16. The van der Waals surface area contributed by atoms with Gasteiger partial charge in [-0.2, -0.15) is 0 Å². The van der Waals surface area contributed by atoms with Gasteiger partial charge < -0.3 is 9.13 Å². The zero-order valence-corrected chi connectivity index (χ0v) is 34.9. The van der Waals surface area contributed by atoms with E-state index in [1.807, 2.05) is 72.8 Å². The number of hydrogen-bond acceptors (Lipinski definition) is 6. The Labute approximate surface area is 358 Å². The first kappa shape index (κ1) is 33.6. The van der Waals surface area contributed by atoms with E-state index in [-0.39, 0.29) is 131 Å². The molecule has 6 bridgehead atoms. The molecule has 45 heavy (non-hydrogen) atoms. The van der Waals surface area contributed by atoms with Gasteiger partial charge in [-0.25, -0.2) is 0 Å². The molecule has 2 aromatic heterocycles. The average molecular weight is 878 g/mol. The Morgan fingerprint density at radius 3 is 1.73 bits per heavy atom. The maximum atomic E-state index is 5.16. The minimum absolute atomic E-state index is 0. The van der Waals surface area contributed by atoms with Crippen LogP contribution in [0, 0.1) is 24.3 Å². The summed E-state index contributed by atoms with van der Waals surface area (Å²) < 4.78 is 4.18. The molecule has 4 radical (unpaired) electrons. The van der Waals surface area contributed by atoms with Crippen molar-refractivity contribution in [3.63, 3.8) is 0 Å². The fraction of sp³-hybridized carbons (Fsp3) is 0.0303. The number of hydrogen-bond donors (Lipinski definition) is 0. The van der Waals surface area contributed by atoms with E-state index in [1.54, 1.807) is 0 Å². The average Bonchev–Trinajstić information content (AvgIpc) is 3.72. The zero-order valence-electron chi connectivity index (χ0n) is 23.5. The molecule has 4 aliphatic heterocycles. The van der Waals surface area contributed by atoms with E-state index in [1.165, 1.54) is 0 Å². The van der Waals surface area contributed by atoms with Gasteiger partial charge in [0.2, 0.25) is 0 Å². The molecule has 6 aromatic rings. The van der Waals surface area contributed by atoms with Crippen molar-refractivity contribution in [2.75, 3.05) is 0 Å². The van der Waals surface area contributed by atoms with Crippen molar-refractivity contribution < 1.29 is 131 Å². The van der Waals surface area contributed by atoms with Crippen molar-refractivity contribution >= 4 is 56.5 Å². The molecule has 8 nitrogen and oxygen atoms in total. The van der Waals surface area contributed by atoms with Crippen LogP contribution in [0.15, 0.2) is 103 Å². The fourth-order valence-corrected chi connectivity index (χ4v) is 6.04. The Morgan fingerprint density at radius 2 is 1.00 bits per heavy atom. The van der Waals surface area contributed by atoms with Crippen molar-refractivity contribution in [1.29, 1.82) is 0 Å². The minimum atomic E-state index is 0. The van der Waals surface area contributed by atoms with Crippen LogP contribution in [0.25, 0.3) is 21.5 Å². The third-order valence-electron chi connectivity index (χ3n) is 7.86. The van der Waals surface area contributed by atoms with Crippen LogP contribution in [0.5, 0.6) is 0 Å². The molecule has 0 spiro atoms. The monoisotopic (exact) mass is 878 g/mol. The molecule has 0 atom stereocenters.